The number of allylic oxidation sites excluding steroid dienone is 3. The molecule has 3 heteroatoms. The maximum Gasteiger partial charge on any atom is 0.104 e. The molecule has 1 atom stereocenters. The second kappa shape index (κ2) is 6.03. The summed E-state index contributed by atoms with van der Waals surface area (Å²) in [5.74, 6) is 0. The maximum atomic E-state index is 10.3. The highest BCUT2D eigenvalue weighted by atomic mass is 16.3. The van der Waals surface area contributed by atoms with Crippen LogP contribution in [0.4, 0.5) is 0 Å². The molecule has 0 radical (unpaired) electrons. The van der Waals surface area contributed by atoms with Crippen LogP contribution in [0.2, 0.25) is 0 Å². The van der Waals surface area contributed by atoms with Crippen LogP contribution >= 0.6 is 0 Å². The van der Waals surface area contributed by atoms with Crippen LogP contribution in [-0.2, 0) is 0 Å². The van der Waals surface area contributed by atoms with Crippen LogP contribution in [0.1, 0.15) is 27.2 Å². The predicted molar refractivity (Wildman–Crippen MR) is 76.7 cm³/mol. The summed E-state index contributed by atoms with van der Waals surface area (Å²) in [6, 6.07) is 0. The van der Waals surface area contributed by atoms with Crippen LogP contribution in [0, 0.1) is 5.41 Å². The molecule has 0 amide bonds. The molecule has 18 heavy (non-hydrogen) atoms. The quantitative estimate of drug-likeness (QED) is 0.715. The molecule has 1 aliphatic carbocycles. The van der Waals surface area contributed by atoms with Gasteiger partial charge in [-0.3, -0.25) is 0 Å². The van der Waals surface area contributed by atoms with Gasteiger partial charge in [0.1, 0.15) is 6.10 Å². The molecule has 0 spiro atoms. The normalized spacial score (nSPS) is 23.4. The van der Waals surface area contributed by atoms with Crippen LogP contribution < -0.4 is 11.5 Å². The van der Waals surface area contributed by atoms with Crippen molar-refractivity contribution in [2.45, 2.75) is 33.3 Å². The number of nitrogens with two attached hydrogens (primary N) is 2. The molecular formula is C15H24N2O. The van der Waals surface area contributed by atoms with Crippen LogP contribution in [0.3, 0.4) is 0 Å². The average molecular weight is 248 g/mol. The molecule has 3 nitrogen and oxygen atoms in total. The molecule has 0 aliphatic heterocycles. The lowest BCUT2D eigenvalue weighted by Gasteiger charge is -2.21. The molecule has 1 aliphatic rings. The van der Waals surface area contributed by atoms with Crippen LogP contribution in [-0.4, -0.2) is 17.8 Å². The van der Waals surface area contributed by atoms with E-state index in [2.05, 4.69) is 26.8 Å². The van der Waals surface area contributed by atoms with E-state index in [0.29, 0.717) is 18.7 Å². The summed E-state index contributed by atoms with van der Waals surface area (Å²) in [5.41, 5.74) is 13.8. The lowest BCUT2D eigenvalue weighted by Crippen LogP contribution is -2.17. The van der Waals surface area contributed by atoms with Gasteiger partial charge in [0.2, 0.25) is 0 Å². The third kappa shape index (κ3) is 4.51. The van der Waals surface area contributed by atoms with Gasteiger partial charge in [-0.2, -0.15) is 0 Å². The Morgan fingerprint density at radius 2 is 2.11 bits per heavy atom. The Kier molecular flexibility index (Phi) is 4.93. The molecule has 100 valence electrons. The average Bonchev–Trinajstić information content (AvgIpc) is 2.22. The highest BCUT2D eigenvalue weighted by Crippen LogP contribution is 2.26. The first-order chi connectivity index (χ1) is 8.33. The summed E-state index contributed by atoms with van der Waals surface area (Å²) in [6.07, 6.45) is 9.69. The zero-order chi connectivity index (χ0) is 13.8. The Morgan fingerprint density at radius 1 is 1.44 bits per heavy atom. The fraction of sp³-hybridized carbons (Fsp3) is 0.467. The maximum absolute atomic E-state index is 10.3. The zero-order valence-electron chi connectivity index (χ0n) is 11.5. The van der Waals surface area contributed by atoms with Gasteiger partial charge in [-0.25, -0.2) is 0 Å². The van der Waals surface area contributed by atoms with Crippen molar-refractivity contribution in [3.05, 3.63) is 47.2 Å². The Hall–Kier alpha value is -1.32. The largest absolute Gasteiger partial charge is 0.402 e. The second-order valence-corrected chi connectivity index (χ2v) is 5.70. The summed E-state index contributed by atoms with van der Waals surface area (Å²) in [4.78, 5) is 0. The summed E-state index contributed by atoms with van der Waals surface area (Å²) in [7, 11) is 0. The van der Waals surface area contributed by atoms with E-state index >= 15 is 0 Å². The molecular weight excluding hydrogens is 224 g/mol. The number of rotatable bonds is 3. The minimum Gasteiger partial charge on any atom is -0.402 e. The molecule has 5 N–H and O–H groups in total. The first kappa shape index (κ1) is 14.7. The van der Waals surface area contributed by atoms with Crippen molar-refractivity contribution >= 4 is 0 Å². The minimum atomic E-state index is -0.606. The van der Waals surface area contributed by atoms with Gasteiger partial charge in [0.25, 0.3) is 0 Å². The van der Waals surface area contributed by atoms with Crippen LogP contribution in [0.15, 0.2) is 47.2 Å². The SMILES string of the molecule is CC(C)(C)C=C1C=CC=C(C=C(N)CCN)C1O. The van der Waals surface area contributed by atoms with Crippen molar-refractivity contribution in [2.75, 3.05) is 6.54 Å². The summed E-state index contributed by atoms with van der Waals surface area (Å²) in [5, 5.41) is 10.3. The van der Waals surface area contributed by atoms with Gasteiger partial charge in [0.05, 0.1) is 0 Å². The highest BCUT2D eigenvalue weighted by molar-refractivity contribution is 5.45. The topological polar surface area (TPSA) is 72.3 Å². The molecule has 0 aromatic rings. The third-order valence-corrected chi connectivity index (χ3v) is 2.59. The zero-order valence-corrected chi connectivity index (χ0v) is 11.5. The molecule has 1 rings (SSSR count). The van der Waals surface area contributed by atoms with E-state index in [-0.39, 0.29) is 5.41 Å². The van der Waals surface area contributed by atoms with Crippen molar-refractivity contribution in [3.63, 3.8) is 0 Å². The lowest BCUT2D eigenvalue weighted by molar-refractivity contribution is 0.251. The van der Waals surface area contributed by atoms with Gasteiger partial charge in [0, 0.05) is 5.70 Å². The molecule has 1 unspecified atom stereocenters. The molecule has 0 saturated heterocycles. The van der Waals surface area contributed by atoms with E-state index in [0.717, 1.165) is 11.1 Å². The highest BCUT2D eigenvalue weighted by Gasteiger charge is 2.18. The van der Waals surface area contributed by atoms with Gasteiger partial charge in [0.15, 0.2) is 0 Å². The van der Waals surface area contributed by atoms with E-state index in [1.54, 1.807) is 0 Å². The molecule has 0 saturated carbocycles. The monoisotopic (exact) mass is 248 g/mol. The first-order valence-electron chi connectivity index (χ1n) is 6.28. The van der Waals surface area contributed by atoms with Crippen molar-refractivity contribution in [1.82, 2.24) is 0 Å². The predicted octanol–water partition coefficient (Wildman–Crippen LogP) is 2.01. The van der Waals surface area contributed by atoms with Gasteiger partial charge in [-0.1, -0.05) is 45.1 Å². The van der Waals surface area contributed by atoms with Crippen molar-refractivity contribution in [2.24, 2.45) is 16.9 Å². The van der Waals surface area contributed by atoms with Crippen molar-refractivity contribution in [1.29, 1.82) is 0 Å². The summed E-state index contributed by atoms with van der Waals surface area (Å²) >= 11 is 0. The van der Waals surface area contributed by atoms with Gasteiger partial charge in [-0.05, 0) is 35.6 Å². The number of hydrogen-bond donors (Lipinski definition) is 3. The van der Waals surface area contributed by atoms with E-state index < -0.39 is 6.10 Å². The number of aliphatic hydroxyl groups is 1. The van der Waals surface area contributed by atoms with E-state index in [1.165, 1.54) is 0 Å². The Bertz CT molecular complexity index is 409. The van der Waals surface area contributed by atoms with Crippen LogP contribution in [0.25, 0.3) is 0 Å². The molecule has 0 heterocycles. The minimum absolute atomic E-state index is 0.0373. The Balaban J connectivity index is 2.92. The van der Waals surface area contributed by atoms with E-state index in [1.807, 2.05) is 24.3 Å². The lowest BCUT2D eigenvalue weighted by atomic mass is 9.87. The van der Waals surface area contributed by atoms with Crippen LogP contribution in [0.5, 0.6) is 0 Å². The van der Waals surface area contributed by atoms with Crippen molar-refractivity contribution < 1.29 is 5.11 Å². The number of hydrogen-bond acceptors (Lipinski definition) is 3. The first-order valence-corrected chi connectivity index (χ1v) is 6.28. The molecule has 0 fully saturated rings. The summed E-state index contributed by atoms with van der Waals surface area (Å²) < 4.78 is 0. The third-order valence-electron chi connectivity index (χ3n) is 2.59. The molecule has 0 aromatic carbocycles. The summed E-state index contributed by atoms with van der Waals surface area (Å²) in [6.45, 7) is 6.85. The van der Waals surface area contributed by atoms with E-state index in [4.69, 9.17) is 11.5 Å². The Labute approximate surface area is 110 Å². The molecule has 0 aromatic heterocycles. The second-order valence-electron chi connectivity index (χ2n) is 5.70. The standard InChI is InChI=1S/C15H24N2O/c1-15(2,3)10-12-6-4-5-11(14(12)18)9-13(17)7-8-16/h4-6,9-10,14,18H,7-8,16-17H2,1-3H3. The smallest absolute Gasteiger partial charge is 0.104 e. The van der Waals surface area contributed by atoms with Gasteiger partial charge < -0.3 is 16.6 Å². The van der Waals surface area contributed by atoms with E-state index in [9.17, 15) is 5.11 Å². The molecule has 0 bridgehead atoms. The van der Waals surface area contributed by atoms with Crippen molar-refractivity contribution in [3.8, 4) is 0 Å². The van der Waals surface area contributed by atoms with Gasteiger partial charge in [-0.15, -0.1) is 0 Å². The number of aliphatic hydroxyl groups excluding tert-OH is 1. The fourth-order valence-corrected chi connectivity index (χ4v) is 1.85. The fourth-order valence-electron chi connectivity index (χ4n) is 1.85. The Morgan fingerprint density at radius 3 is 2.67 bits per heavy atom. The van der Waals surface area contributed by atoms with Gasteiger partial charge >= 0.3 is 0 Å².